The highest BCUT2D eigenvalue weighted by Gasteiger charge is 2.67. The van der Waals surface area contributed by atoms with Gasteiger partial charge in [-0.3, -0.25) is 14.5 Å². The van der Waals surface area contributed by atoms with Crippen LogP contribution in [0.25, 0.3) is 0 Å². The Balaban J connectivity index is 1.34. The Labute approximate surface area is 236 Å². The van der Waals surface area contributed by atoms with Crippen molar-refractivity contribution in [2.24, 2.45) is 5.92 Å². The number of alkyl halides is 3. The Morgan fingerprint density at radius 1 is 0.927 bits per heavy atom. The van der Waals surface area contributed by atoms with E-state index >= 15 is 0 Å². The van der Waals surface area contributed by atoms with Crippen LogP contribution in [0.4, 0.5) is 18.9 Å². The van der Waals surface area contributed by atoms with E-state index in [1.165, 1.54) is 12.1 Å². The molecule has 2 amide bonds. The fraction of sp³-hybridized carbons (Fsp3) is 0.500. The van der Waals surface area contributed by atoms with E-state index in [1.807, 2.05) is 24.3 Å². The number of hydrogen-bond donors (Lipinski definition) is 1. The van der Waals surface area contributed by atoms with Crippen molar-refractivity contribution in [3.05, 3.63) is 54.1 Å². The monoisotopic (exact) mass is 592 g/mol. The fourth-order valence-electron chi connectivity index (χ4n) is 7.14. The number of ether oxygens (including phenoxy) is 1. The predicted molar refractivity (Wildman–Crippen MR) is 142 cm³/mol. The number of carbonyl (C=O) groups is 2. The van der Waals surface area contributed by atoms with Crippen molar-refractivity contribution in [1.82, 2.24) is 14.5 Å². The molecule has 3 fully saturated rings. The van der Waals surface area contributed by atoms with Gasteiger partial charge in [0.05, 0.1) is 5.92 Å². The Morgan fingerprint density at radius 2 is 1.66 bits per heavy atom. The Morgan fingerprint density at radius 3 is 2.46 bits per heavy atom. The average molecular weight is 593 g/mol. The van der Waals surface area contributed by atoms with Gasteiger partial charge in [-0.15, -0.1) is 13.2 Å². The lowest BCUT2D eigenvalue weighted by atomic mass is 9.78. The number of anilines is 1. The summed E-state index contributed by atoms with van der Waals surface area (Å²) in [5, 5.41) is 2.93. The van der Waals surface area contributed by atoms with Gasteiger partial charge < -0.3 is 15.0 Å². The lowest BCUT2D eigenvalue weighted by Crippen LogP contribution is -2.56. The molecule has 3 atom stereocenters. The van der Waals surface area contributed by atoms with Crippen LogP contribution in [-0.4, -0.2) is 74.6 Å². The van der Waals surface area contributed by atoms with Gasteiger partial charge in [-0.05, 0) is 56.8 Å². The number of nitrogens with one attached hydrogen (secondary N) is 1. The van der Waals surface area contributed by atoms with Crippen LogP contribution in [0.15, 0.2) is 53.4 Å². The third-order valence-electron chi connectivity index (χ3n) is 8.70. The quantitative estimate of drug-likeness (QED) is 0.588. The molecular weight excluding hydrogens is 561 g/mol. The van der Waals surface area contributed by atoms with E-state index in [2.05, 4.69) is 15.0 Å². The molecule has 4 aliphatic heterocycles. The molecule has 6 rings (SSSR count). The van der Waals surface area contributed by atoms with Gasteiger partial charge in [-0.25, -0.2) is 8.42 Å². The first-order chi connectivity index (χ1) is 19.5. The molecule has 0 aromatic heterocycles. The molecule has 1 spiro atoms. The van der Waals surface area contributed by atoms with Crippen LogP contribution >= 0.6 is 0 Å². The molecule has 13 heteroatoms. The fourth-order valence-corrected chi connectivity index (χ4v) is 8.77. The number of halogens is 3. The van der Waals surface area contributed by atoms with Crippen molar-refractivity contribution >= 4 is 27.5 Å². The standard InChI is InChI=1S/C28H31F3N4O5S/c29-28(30,31)40-23-11-3-4-12-24(23)41(38,39)33-14-6-13-32-25(36)21-18-19-8-5-17-35(19)27(21)20-9-1-2-10-22(20)34(26(27)37)16-7-15-33/h1-4,9-12,19,21H,5-8,13-18H2,(H,32,36)/t19-,21-,27+/m0/s1. The maximum Gasteiger partial charge on any atom is 0.573 e. The SMILES string of the molecule is O=C1NCCCN(S(=O)(=O)c2ccccc2OC(F)(F)F)CCCN2C(=O)[C@@]3(c4ccccc42)[C@H]1C[C@@H]1CCCN13. The molecule has 9 nitrogen and oxygen atoms in total. The molecule has 2 bridgehead atoms. The van der Waals surface area contributed by atoms with Crippen molar-refractivity contribution in [1.29, 1.82) is 0 Å². The molecule has 2 aromatic carbocycles. The summed E-state index contributed by atoms with van der Waals surface area (Å²) in [5.74, 6) is -1.82. The van der Waals surface area contributed by atoms with Crippen LogP contribution in [-0.2, 0) is 25.2 Å². The maximum absolute atomic E-state index is 14.4. The zero-order valence-electron chi connectivity index (χ0n) is 22.3. The zero-order valence-corrected chi connectivity index (χ0v) is 23.1. The van der Waals surface area contributed by atoms with Gasteiger partial charge >= 0.3 is 6.36 Å². The predicted octanol–water partition coefficient (Wildman–Crippen LogP) is 3.21. The zero-order chi connectivity index (χ0) is 29.0. The van der Waals surface area contributed by atoms with Gasteiger partial charge in [0.2, 0.25) is 15.9 Å². The molecule has 4 heterocycles. The van der Waals surface area contributed by atoms with Gasteiger partial charge in [-0.1, -0.05) is 30.3 Å². The molecule has 41 heavy (non-hydrogen) atoms. The van der Waals surface area contributed by atoms with Crippen molar-refractivity contribution < 1.29 is 35.9 Å². The van der Waals surface area contributed by atoms with Crippen LogP contribution in [0, 0.1) is 5.92 Å². The normalized spacial score (nSPS) is 27.7. The second-order valence-corrected chi connectivity index (χ2v) is 12.8. The summed E-state index contributed by atoms with van der Waals surface area (Å²) in [4.78, 5) is 31.3. The largest absolute Gasteiger partial charge is 0.573 e. The van der Waals surface area contributed by atoms with Crippen molar-refractivity contribution in [2.45, 2.75) is 54.9 Å². The van der Waals surface area contributed by atoms with Crippen LogP contribution in [0.2, 0.25) is 0 Å². The first-order valence-electron chi connectivity index (χ1n) is 13.9. The number of amides is 2. The minimum atomic E-state index is -5.07. The lowest BCUT2D eigenvalue weighted by Gasteiger charge is -2.37. The smallest absolute Gasteiger partial charge is 0.404 e. The van der Waals surface area contributed by atoms with Gasteiger partial charge in [0.15, 0.2) is 0 Å². The number of carbonyl (C=O) groups excluding carboxylic acids is 2. The number of rotatable bonds is 3. The first kappa shape index (κ1) is 28.0. The van der Waals surface area contributed by atoms with Gasteiger partial charge in [0, 0.05) is 43.5 Å². The van der Waals surface area contributed by atoms with E-state index < -0.39 is 38.5 Å². The summed E-state index contributed by atoms with van der Waals surface area (Å²) in [6, 6.07) is 12.2. The minimum Gasteiger partial charge on any atom is -0.404 e. The molecule has 220 valence electrons. The Kier molecular flexibility index (Phi) is 7.02. The summed E-state index contributed by atoms with van der Waals surface area (Å²) >= 11 is 0. The summed E-state index contributed by atoms with van der Waals surface area (Å²) in [6.45, 7) is 0.997. The molecule has 1 N–H and O–H groups in total. The van der Waals surface area contributed by atoms with Crippen molar-refractivity contribution in [3.8, 4) is 5.75 Å². The molecular formula is C28H31F3N4O5S. The molecule has 0 aliphatic carbocycles. The second kappa shape index (κ2) is 10.3. The van der Waals surface area contributed by atoms with E-state index in [1.54, 1.807) is 4.90 Å². The third kappa shape index (κ3) is 4.58. The number of hydrogen-bond acceptors (Lipinski definition) is 6. The molecule has 2 aromatic rings. The van der Waals surface area contributed by atoms with Gasteiger partial charge in [-0.2, -0.15) is 4.31 Å². The Hall–Kier alpha value is -3.16. The third-order valence-corrected chi connectivity index (χ3v) is 10.6. The second-order valence-electron chi connectivity index (χ2n) is 10.9. The van der Waals surface area contributed by atoms with E-state index in [-0.39, 0.29) is 56.9 Å². The number of fused-ring (bicyclic) bond motifs is 4. The average Bonchev–Trinajstić information content (AvgIpc) is 3.58. The number of benzene rings is 2. The van der Waals surface area contributed by atoms with Gasteiger partial charge in [0.25, 0.3) is 5.91 Å². The van der Waals surface area contributed by atoms with Crippen LogP contribution in [0.5, 0.6) is 5.75 Å². The first-order valence-corrected chi connectivity index (χ1v) is 15.3. The summed E-state index contributed by atoms with van der Waals surface area (Å²) in [6.07, 6.45) is -2.14. The number of nitrogens with zero attached hydrogens (tertiary/aromatic N) is 3. The summed E-state index contributed by atoms with van der Waals surface area (Å²) in [7, 11) is -4.41. The summed E-state index contributed by atoms with van der Waals surface area (Å²) < 4.78 is 71.6. The van der Waals surface area contributed by atoms with E-state index in [4.69, 9.17) is 0 Å². The summed E-state index contributed by atoms with van der Waals surface area (Å²) in [5.41, 5.74) is 0.405. The van der Waals surface area contributed by atoms with E-state index in [9.17, 15) is 31.2 Å². The number of para-hydroxylation sites is 2. The highest BCUT2D eigenvalue weighted by Crippen LogP contribution is 2.57. The minimum absolute atomic E-state index is 0.0297. The van der Waals surface area contributed by atoms with E-state index in [0.717, 1.165) is 34.8 Å². The van der Waals surface area contributed by atoms with Crippen LogP contribution in [0.3, 0.4) is 0 Å². The molecule has 4 aliphatic rings. The Bertz CT molecular complexity index is 1470. The molecule has 0 radical (unpaired) electrons. The van der Waals surface area contributed by atoms with Gasteiger partial charge in [0.1, 0.15) is 16.2 Å². The van der Waals surface area contributed by atoms with Crippen LogP contribution in [0.1, 0.15) is 37.7 Å². The highest BCUT2D eigenvalue weighted by molar-refractivity contribution is 7.89. The maximum atomic E-state index is 14.4. The highest BCUT2D eigenvalue weighted by atomic mass is 32.2. The molecule has 0 saturated carbocycles. The van der Waals surface area contributed by atoms with Crippen LogP contribution < -0.4 is 15.0 Å². The number of sulfonamides is 1. The molecule has 3 saturated heterocycles. The topological polar surface area (TPSA) is 99.3 Å². The molecule has 0 unspecified atom stereocenters. The van der Waals surface area contributed by atoms with Crippen molar-refractivity contribution in [2.75, 3.05) is 37.6 Å². The van der Waals surface area contributed by atoms with E-state index in [0.29, 0.717) is 18.7 Å². The lowest BCUT2D eigenvalue weighted by molar-refractivity contribution is -0.275. The van der Waals surface area contributed by atoms with Crippen molar-refractivity contribution in [3.63, 3.8) is 0 Å².